The van der Waals surface area contributed by atoms with Crippen molar-refractivity contribution in [2.75, 3.05) is 32.7 Å². The molecule has 1 amide bonds. The number of hydrogen-bond acceptors (Lipinski definition) is 6. The molecule has 188 valence electrons. The van der Waals surface area contributed by atoms with Gasteiger partial charge in [-0.1, -0.05) is 18.2 Å². The number of benzene rings is 2. The number of aromatic nitrogens is 3. The Morgan fingerprint density at radius 1 is 1.06 bits per heavy atom. The standard InChI is InChI=1S/C25H24F3N5O3/c26-25(27,28)22-13-21-19(14-36-24(21)35)12-18(22)5-6-31-7-9-32(10-8-31)23(34)11-17-1-3-20(4-2-17)33-16-29-15-30-33/h1-4,12-13,15-16H,5-11,14H2. The monoisotopic (exact) mass is 499 g/mol. The molecule has 1 fully saturated rings. The lowest BCUT2D eigenvalue weighted by molar-refractivity contribution is -0.138. The van der Waals surface area contributed by atoms with Crippen molar-refractivity contribution in [3.63, 3.8) is 0 Å². The van der Waals surface area contributed by atoms with Crippen LogP contribution in [0, 0.1) is 0 Å². The number of alkyl halides is 3. The Morgan fingerprint density at radius 2 is 1.81 bits per heavy atom. The van der Waals surface area contributed by atoms with Crippen LogP contribution < -0.4 is 0 Å². The number of cyclic esters (lactones) is 1. The molecule has 8 nitrogen and oxygen atoms in total. The molecule has 5 rings (SSSR count). The van der Waals surface area contributed by atoms with E-state index in [-0.39, 0.29) is 36.5 Å². The van der Waals surface area contributed by atoms with Crippen molar-refractivity contribution in [1.29, 1.82) is 0 Å². The maximum absolute atomic E-state index is 13.6. The number of fused-ring (bicyclic) bond motifs is 1. The summed E-state index contributed by atoms with van der Waals surface area (Å²) in [5, 5.41) is 4.08. The zero-order valence-corrected chi connectivity index (χ0v) is 19.4. The van der Waals surface area contributed by atoms with Gasteiger partial charge in [-0.25, -0.2) is 14.5 Å². The third-order valence-corrected chi connectivity index (χ3v) is 6.61. The number of carbonyl (C=O) groups is 2. The van der Waals surface area contributed by atoms with Crippen LogP contribution in [0.5, 0.6) is 0 Å². The third kappa shape index (κ3) is 5.11. The first-order valence-electron chi connectivity index (χ1n) is 11.6. The Labute approximate surface area is 205 Å². The van der Waals surface area contributed by atoms with Gasteiger partial charge < -0.3 is 9.64 Å². The van der Waals surface area contributed by atoms with Gasteiger partial charge in [0.05, 0.1) is 23.2 Å². The zero-order chi connectivity index (χ0) is 25.3. The first-order chi connectivity index (χ1) is 17.3. The quantitative estimate of drug-likeness (QED) is 0.486. The van der Waals surface area contributed by atoms with Crippen LogP contribution in [0.2, 0.25) is 0 Å². The third-order valence-electron chi connectivity index (χ3n) is 6.61. The van der Waals surface area contributed by atoms with E-state index in [1.54, 1.807) is 15.9 Å². The van der Waals surface area contributed by atoms with Gasteiger partial charge in [0, 0.05) is 38.3 Å². The molecule has 0 bridgehead atoms. The molecule has 0 unspecified atom stereocenters. The number of esters is 1. The molecule has 1 aromatic heterocycles. The van der Waals surface area contributed by atoms with Crippen LogP contribution >= 0.6 is 0 Å². The lowest BCUT2D eigenvalue weighted by atomic mass is 9.97. The van der Waals surface area contributed by atoms with Crippen molar-refractivity contribution < 1.29 is 27.5 Å². The number of piperazine rings is 1. The second kappa shape index (κ2) is 9.73. The van der Waals surface area contributed by atoms with Gasteiger partial charge in [-0.2, -0.15) is 18.3 Å². The Hall–Kier alpha value is -3.73. The number of ether oxygens (including phenoxy) is 1. The maximum atomic E-state index is 13.6. The minimum absolute atomic E-state index is 0.00324. The number of amides is 1. The SMILES string of the molecule is O=C1OCc2cc(CCN3CCN(C(=O)Cc4ccc(-n5cncn5)cc4)CC3)c(C(F)(F)F)cc21. The van der Waals surface area contributed by atoms with Gasteiger partial charge in [0.1, 0.15) is 19.3 Å². The van der Waals surface area contributed by atoms with E-state index in [1.807, 2.05) is 24.3 Å². The fraction of sp³-hybridized carbons (Fsp3) is 0.360. The highest BCUT2D eigenvalue weighted by Gasteiger charge is 2.36. The van der Waals surface area contributed by atoms with Gasteiger partial charge in [0.2, 0.25) is 5.91 Å². The molecule has 0 aliphatic carbocycles. The van der Waals surface area contributed by atoms with Crippen molar-refractivity contribution in [3.05, 3.63) is 76.9 Å². The average molecular weight is 499 g/mol. The highest BCUT2D eigenvalue weighted by atomic mass is 19.4. The second-order valence-electron chi connectivity index (χ2n) is 8.90. The van der Waals surface area contributed by atoms with E-state index in [2.05, 4.69) is 15.0 Å². The molecule has 0 saturated carbocycles. The molecule has 2 aromatic carbocycles. The van der Waals surface area contributed by atoms with Crippen LogP contribution in [0.3, 0.4) is 0 Å². The van der Waals surface area contributed by atoms with Gasteiger partial charge >= 0.3 is 12.1 Å². The average Bonchev–Trinajstić information content (AvgIpc) is 3.53. The van der Waals surface area contributed by atoms with Gasteiger partial charge in [-0.05, 0) is 35.7 Å². The van der Waals surface area contributed by atoms with E-state index < -0.39 is 17.7 Å². The van der Waals surface area contributed by atoms with Crippen LogP contribution in [0.4, 0.5) is 13.2 Å². The summed E-state index contributed by atoms with van der Waals surface area (Å²) in [5.74, 6) is -0.695. The molecule has 3 heterocycles. The molecule has 11 heteroatoms. The molecule has 3 aromatic rings. The van der Waals surface area contributed by atoms with Gasteiger partial charge in [-0.15, -0.1) is 0 Å². The van der Waals surface area contributed by atoms with Crippen LogP contribution in [-0.4, -0.2) is 69.2 Å². The van der Waals surface area contributed by atoms with Crippen LogP contribution in [-0.2, 0) is 35.2 Å². The molecule has 2 aliphatic heterocycles. The molecule has 36 heavy (non-hydrogen) atoms. The highest BCUT2D eigenvalue weighted by molar-refractivity contribution is 5.93. The van der Waals surface area contributed by atoms with Crippen molar-refractivity contribution in [2.24, 2.45) is 0 Å². The Kier molecular flexibility index (Phi) is 6.48. The number of hydrogen-bond donors (Lipinski definition) is 0. The summed E-state index contributed by atoms with van der Waals surface area (Å²) in [7, 11) is 0. The molecule has 1 saturated heterocycles. The lowest BCUT2D eigenvalue weighted by Gasteiger charge is -2.35. The predicted molar refractivity (Wildman–Crippen MR) is 122 cm³/mol. The van der Waals surface area contributed by atoms with E-state index >= 15 is 0 Å². The van der Waals surface area contributed by atoms with E-state index in [0.717, 1.165) is 17.3 Å². The molecule has 0 spiro atoms. The number of halogens is 3. The van der Waals surface area contributed by atoms with Gasteiger partial charge in [0.15, 0.2) is 0 Å². The number of carbonyl (C=O) groups excluding carboxylic acids is 2. The highest BCUT2D eigenvalue weighted by Crippen LogP contribution is 2.36. The first kappa shape index (κ1) is 24.0. The Balaban J connectivity index is 1.14. The molecule has 0 N–H and O–H groups in total. The minimum atomic E-state index is -4.55. The second-order valence-corrected chi connectivity index (χ2v) is 8.90. The van der Waals surface area contributed by atoms with Gasteiger partial charge in [0.25, 0.3) is 0 Å². The zero-order valence-electron chi connectivity index (χ0n) is 19.4. The summed E-state index contributed by atoms with van der Waals surface area (Å²) in [6, 6.07) is 9.89. The summed E-state index contributed by atoms with van der Waals surface area (Å²) >= 11 is 0. The smallest absolute Gasteiger partial charge is 0.416 e. The summed E-state index contributed by atoms with van der Waals surface area (Å²) in [5.41, 5.74) is 1.61. The normalized spacial score (nSPS) is 16.2. The Morgan fingerprint density at radius 3 is 2.47 bits per heavy atom. The topological polar surface area (TPSA) is 80.6 Å². The molecular formula is C25H24F3N5O3. The molecule has 0 radical (unpaired) electrons. The van der Waals surface area contributed by atoms with Crippen molar-refractivity contribution >= 4 is 11.9 Å². The van der Waals surface area contributed by atoms with E-state index in [4.69, 9.17) is 4.74 Å². The summed E-state index contributed by atoms with van der Waals surface area (Å²) in [6.45, 7) is 2.66. The lowest BCUT2D eigenvalue weighted by Crippen LogP contribution is -2.49. The summed E-state index contributed by atoms with van der Waals surface area (Å²) in [4.78, 5) is 32.2. The fourth-order valence-electron chi connectivity index (χ4n) is 4.59. The van der Waals surface area contributed by atoms with Crippen molar-refractivity contribution in [3.8, 4) is 5.69 Å². The van der Waals surface area contributed by atoms with E-state index in [0.29, 0.717) is 38.3 Å². The molecule has 0 atom stereocenters. The van der Waals surface area contributed by atoms with Crippen LogP contribution in [0.1, 0.15) is 32.6 Å². The van der Waals surface area contributed by atoms with Crippen LogP contribution in [0.25, 0.3) is 5.69 Å². The largest absolute Gasteiger partial charge is 0.457 e. The first-order valence-corrected chi connectivity index (χ1v) is 11.6. The molecular weight excluding hydrogens is 475 g/mol. The Bertz CT molecular complexity index is 1250. The minimum Gasteiger partial charge on any atom is -0.457 e. The summed E-state index contributed by atoms with van der Waals surface area (Å²) in [6.07, 6.45) is -1.02. The van der Waals surface area contributed by atoms with Crippen molar-refractivity contribution in [1.82, 2.24) is 24.6 Å². The van der Waals surface area contributed by atoms with E-state index in [1.165, 1.54) is 12.4 Å². The molecule has 2 aliphatic rings. The van der Waals surface area contributed by atoms with Crippen LogP contribution in [0.15, 0.2) is 49.1 Å². The summed E-state index contributed by atoms with van der Waals surface area (Å²) < 4.78 is 47.3. The number of rotatable bonds is 6. The fourth-order valence-corrected chi connectivity index (χ4v) is 4.59. The predicted octanol–water partition coefficient (Wildman–Crippen LogP) is 2.89. The number of nitrogens with zero attached hydrogens (tertiary/aromatic N) is 5. The van der Waals surface area contributed by atoms with E-state index in [9.17, 15) is 22.8 Å². The van der Waals surface area contributed by atoms with Crippen molar-refractivity contribution in [2.45, 2.75) is 25.6 Å². The maximum Gasteiger partial charge on any atom is 0.416 e. The van der Waals surface area contributed by atoms with Gasteiger partial charge in [-0.3, -0.25) is 9.69 Å².